The minimum Gasteiger partial charge on any atom is -0.463 e. The van der Waals surface area contributed by atoms with Crippen LogP contribution in [0.25, 0.3) is 0 Å². The fourth-order valence-corrected chi connectivity index (χ4v) is 5.27. The number of ether oxygens (including phenoxy) is 1. The summed E-state index contributed by atoms with van der Waals surface area (Å²) in [6.45, 7) is 4.52. The zero-order chi connectivity index (χ0) is 23.1. The molecule has 2 aromatic carbocycles. The zero-order valence-electron chi connectivity index (χ0n) is 18.5. The van der Waals surface area contributed by atoms with Crippen LogP contribution in [0.2, 0.25) is 0 Å². The summed E-state index contributed by atoms with van der Waals surface area (Å²) in [6, 6.07) is 14.6. The summed E-state index contributed by atoms with van der Waals surface area (Å²) in [5, 5.41) is 2.86. The number of esters is 1. The van der Waals surface area contributed by atoms with Gasteiger partial charge in [0.05, 0.1) is 23.5 Å². The maximum absolute atomic E-state index is 13.0. The molecular formula is C24H30N2O5S. The molecule has 1 fully saturated rings. The van der Waals surface area contributed by atoms with Crippen LogP contribution in [0.3, 0.4) is 0 Å². The molecule has 0 radical (unpaired) electrons. The minimum absolute atomic E-state index is 0.0281. The van der Waals surface area contributed by atoms with E-state index in [9.17, 15) is 18.0 Å². The monoisotopic (exact) mass is 458 g/mol. The van der Waals surface area contributed by atoms with Gasteiger partial charge in [0.15, 0.2) is 0 Å². The van der Waals surface area contributed by atoms with Gasteiger partial charge in [0, 0.05) is 18.7 Å². The molecule has 1 saturated heterocycles. The molecule has 8 heteroatoms. The summed E-state index contributed by atoms with van der Waals surface area (Å²) in [5.74, 6) is -0.873. The first-order chi connectivity index (χ1) is 15.3. The van der Waals surface area contributed by atoms with E-state index in [2.05, 4.69) is 5.32 Å². The van der Waals surface area contributed by atoms with Crippen molar-refractivity contribution in [3.05, 3.63) is 65.7 Å². The van der Waals surface area contributed by atoms with Gasteiger partial charge in [-0.05, 0) is 50.5 Å². The van der Waals surface area contributed by atoms with Gasteiger partial charge in [-0.25, -0.2) is 8.42 Å². The van der Waals surface area contributed by atoms with Gasteiger partial charge in [-0.1, -0.05) is 42.8 Å². The molecule has 1 atom stereocenters. The van der Waals surface area contributed by atoms with Gasteiger partial charge in [-0.3, -0.25) is 9.59 Å². The molecule has 2 aromatic rings. The number of nitrogens with one attached hydrogen (secondary N) is 1. The normalized spacial score (nSPS) is 15.8. The largest absolute Gasteiger partial charge is 0.463 e. The number of piperidine rings is 1. The Balaban J connectivity index is 1.80. The van der Waals surface area contributed by atoms with E-state index in [1.807, 2.05) is 30.3 Å². The van der Waals surface area contributed by atoms with Crippen LogP contribution in [0.1, 0.15) is 61.5 Å². The Bertz CT molecular complexity index is 1030. The highest BCUT2D eigenvalue weighted by Gasteiger charge is 2.27. The van der Waals surface area contributed by atoms with Gasteiger partial charge in [0.2, 0.25) is 10.0 Å². The van der Waals surface area contributed by atoms with Crippen molar-refractivity contribution in [2.24, 2.45) is 0 Å². The lowest BCUT2D eigenvalue weighted by Crippen LogP contribution is -2.36. The fraction of sp³-hybridized carbons (Fsp3) is 0.417. The Morgan fingerprint density at radius 3 is 2.34 bits per heavy atom. The molecule has 1 N–H and O–H groups in total. The smallest absolute Gasteiger partial charge is 0.308 e. The molecule has 0 saturated carbocycles. The van der Waals surface area contributed by atoms with E-state index < -0.39 is 27.9 Å². The second kappa shape index (κ2) is 10.7. The third-order valence-corrected chi connectivity index (χ3v) is 7.19. The van der Waals surface area contributed by atoms with Crippen LogP contribution in [-0.4, -0.2) is 43.8 Å². The lowest BCUT2D eigenvalue weighted by atomic mass is 10.0. The predicted molar refractivity (Wildman–Crippen MR) is 122 cm³/mol. The standard InChI is InChI=1S/C24H30N2O5S/c1-18(2)31-23(27)17-22(19-10-5-3-6-11-19)25-24(28)20-12-9-13-21(16-20)32(29,30)26-14-7-4-8-15-26/h3,5-6,9-13,16,18,22H,4,7-8,14-15,17H2,1-2H3,(H,25,28). The third-order valence-electron chi connectivity index (χ3n) is 5.29. The zero-order valence-corrected chi connectivity index (χ0v) is 19.3. The Morgan fingerprint density at radius 2 is 1.69 bits per heavy atom. The summed E-state index contributed by atoms with van der Waals surface area (Å²) in [7, 11) is -3.65. The van der Waals surface area contributed by atoms with E-state index in [-0.39, 0.29) is 23.0 Å². The summed E-state index contributed by atoms with van der Waals surface area (Å²) in [6.07, 6.45) is 2.41. The SMILES string of the molecule is CC(C)OC(=O)CC(NC(=O)c1cccc(S(=O)(=O)N2CCCCC2)c1)c1ccccc1. The van der Waals surface area contributed by atoms with Crippen LogP contribution in [-0.2, 0) is 19.6 Å². The van der Waals surface area contributed by atoms with Crippen LogP contribution in [0.5, 0.6) is 0 Å². The average Bonchev–Trinajstić information content (AvgIpc) is 2.79. The van der Waals surface area contributed by atoms with E-state index in [0.29, 0.717) is 13.1 Å². The highest BCUT2D eigenvalue weighted by Crippen LogP contribution is 2.23. The van der Waals surface area contributed by atoms with Gasteiger partial charge in [-0.2, -0.15) is 4.31 Å². The first-order valence-electron chi connectivity index (χ1n) is 10.9. The highest BCUT2D eigenvalue weighted by molar-refractivity contribution is 7.89. The molecule has 3 rings (SSSR count). The summed E-state index contributed by atoms with van der Waals surface area (Å²) in [4.78, 5) is 25.4. The number of nitrogens with zero attached hydrogens (tertiary/aromatic N) is 1. The van der Waals surface area contributed by atoms with Gasteiger partial charge in [0.25, 0.3) is 5.91 Å². The van der Waals surface area contributed by atoms with E-state index in [0.717, 1.165) is 24.8 Å². The van der Waals surface area contributed by atoms with E-state index >= 15 is 0 Å². The first-order valence-corrected chi connectivity index (χ1v) is 12.4. The average molecular weight is 459 g/mol. The lowest BCUT2D eigenvalue weighted by molar-refractivity contribution is -0.147. The summed E-state index contributed by atoms with van der Waals surface area (Å²) >= 11 is 0. The Hall–Kier alpha value is -2.71. The van der Waals surface area contributed by atoms with Crippen LogP contribution < -0.4 is 5.32 Å². The molecule has 7 nitrogen and oxygen atoms in total. The first kappa shape index (κ1) is 23.9. The number of carbonyl (C=O) groups excluding carboxylic acids is 2. The molecule has 0 bridgehead atoms. The number of amides is 1. The Labute approximate surface area is 189 Å². The van der Waals surface area contributed by atoms with Crippen LogP contribution >= 0.6 is 0 Å². The molecule has 172 valence electrons. The second-order valence-electron chi connectivity index (χ2n) is 8.17. The summed E-state index contributed by atoms with van der Waals surface area (Å²) in [5.41, 5.74) is 0.986. The van der Waals surface area contributed by atoms with Crippen molar-refractivity contribution in [1.29, 1.82) is 0 Å². The molecule has 1 amide bonds. The number of sulfonamides is 1. The molecule has 1 unspecified atom stereocenters. The van der Waals surface area contributed by atoms with E-state index in [1.165, 1.54) is 16.4 Å². The molecule has 1 aliphatic heterocycles. The van der Waals surface area contributed by atoms with Crippen LogP contribution in [0.15, 0.2) is 59.5 Å². The molecular weight excluding hydrogens is 428 g/mol. The maximum Gasteiger partial charge on any atom is 0.308 e. The number of benzene rings is 2. The van der Waals surface area contributed by atoms with Crippen molar-refractivity contribution in [2.45, 2.75) is 56.6 Å². The quantitative estimate of drug-likeness (QED) is 0.609. The van der Waals surface area contributed by atoms with Crippen molar-refractivity contribution in [3.63, 3.8) is 0 Å². The topological polar surface area (TPSA) is 92.8 Å². The van der Waals surface area contributed by atoms with Crippen molar-refractivity contribution < 1.29 is 22.7 Å². The fourth-order valence-electron chi connectivity index (χ4n) is 3.71. The van der Waals surface area contributed by atoms with Crippen LogP contribution in [0, 0.1) is 0 Å². The molecule has 32 heavy (non-hydrogen) atoms. The molecule has 0 aromatic heterocycles. The van der Waals surface area contributed by atoms with Crippen molar-refractivity contribution in [3.8, 4) is 0 Å². The lowest BCUT2D eigenvalue weighted by Gasteiger charge is -2.26. The van der Waals surface area contributed by atoms with Gasteiger partial charge < -0.3 is 10.1 Å². The van der Waals surface area contributed by atoms with Gasteiger partial charge >= 0.3 is 5.97 Å². The molecule has 0 aliphatic carbocycles. The van der Waals surface area contributed by atoms with Gasteiger partial charge in [-0.15, -0.1) is 0 Å². The molecule has 1 heterocycles. The number of rotatable bonds is 8. The highest BCUT2D eigenvalue weighted by atomic mass is 32.2. The van der Waals surface area contributed by atoms with Crippen molar-refractivity contribution >= 4 is 21.9 Å². The van der Waals surface area contributed by atoms with Crippen molar-refractivity contribution in [2.75, 3.05) is 13.1 Å². The molecule has 1 aliphatic rings. The number of hydrogen-bond donors (Lipinski definition) is 1. The number of carbonyl (C=O) groups is 2. The third kappa shape index (κ3) is 6.17. The Kier molecular flexibility index (Phi) is 8.04. The van der Waals surface area contributed by atoms with Crippen LogP contribution in [0.4, 0.5) is 0 Å². The summed E-state index contributed by atoms with van der Waals surface area (Å²) < 4.78 is 32.7. The minimum atomic E-state index is -3.65. The second-order valence-corrected chi connectivity index (χ2v) is 10.1. The Morgan fingerprint density at radius 1 is 1.00 bits per heavy atom. The maximum atomic E-state index is 13.0. The van der Waals surface area contributed by atoms with Crippen molar-refractivity contribution in [1.82, 2.24) is 9.62 Å². The van der Waals surface area contributed by atoms with E-state index in [1.54, 1.807) is 26.0 Å². The van der Waals surface area contributed by atoms with E-state index in [4.69, 9.17) is 4.74 Å². The van der Waals surface area contributed by atoms with Gasteiger partial charge in [0.1, 0.15) is 0 Å². The predicted octanol–water partition coefficient (Wildman–Crippen LogP) is 3.67. The molecule has 0 spiro atoms. The number of hydrogen-bond acceptors (Lipinski definition) is 5.